The summed E-state index contributed by atoms with van der Waals surface area (Å²) in [7, 11) is 0. The molecule has 0 atom stereocenters. The summed E-state index contributed by atoms with van der Waals surface area (Å²) in [4.78, 5) is 17.9. The summed E-state index contributed by atoms with van der Waals surface area (Å²) in [5.74, 6) is -0.240. The van der Waals surface area contributed by atoms with Gasteiger partial charge in [-0.15, -0.1) is 0 Å². The first-order valence-electron chi connectivity index (χ1n) is 14.8. The Balaban J connectivity index is 1.51. The Morgan fingerprint density at radius 2 is 1.36 bits per heavy atom. The van der Waals surface area contributed by atoms with Crippen molar-refractivity contribution in [2.75, 3.05) is 0 Å². The maximum absolute atomic E-state index is 15.4. The summed E-state index contributed by atoms with van der Waals surface area (Å²) in [6, 6.07) is 34.5. The van der Waals surface area contributed by atoms with Crippen LogP contribution in [0.1, 0.15) is 59.9 Å². The molecule has 5 aromatic rings. The van der Waals surface area contributed by atoms with Crippen LogP contribution in [-0.2, 0) is 10.3 Å². The minimum absolute atomic E-state index is 0.0359. The van der Waals surface area contributed by atoms with E-state index in [4.69, 9.17) is 4.98 Å². The number of imidazole rings is 1. The molecule has 0 N–H and O–H groups in total. The molecule has 1 aliphatic carbocycles. The molecule has 1 saturated carbocycles. The Kier molecular flexibility index (Phi) is 7.96. The van der Waals surface area contributed by atoms with Crippen molar-refractivity contribution in [3.8, 4) is 11.3 Å². The lowest BCUT2D eigenvalue weighted by Crippen LogP contribution is -2.36. The van der Waals surface area contributed by atoms with Crippen LogP contribution in [0, 0.1) is 18.7 Å². The number of carbonyl (C=O) groups is 1. The molecule has 0 saturated heterocycles. The molecule has 0 spiro atoms. The molecule has 4 aromatic carbocycles. The van der Waals surface area contributed by atoms with Crippen LogP contribution in [-0.4, -0.2) is 15.3 Å². The molecule has 0 aliphatic heterocycles. The SMILES string of the molecule is Cc1ccc(F)c(/C=C/C(=O)C2CCCCC2)c1-c1cn(C(c2ccccc2)(c2ccccc2)c2ccccc2)cn1. The minimum Gasteiger partial charge on any atom is -0.318 e. The largest absolute Gasteiger partial charge is 0.318 e. The van der Waals surface area contributed by atoms with E-state index in [0.29, 0.717) is 16.8 Å². The topological polar surface area (TPSA) is 34.9 Å². The number of allylic oxidation sites excluding steroid dienone is 1. The zero-order chi connectivity index (χ0) is 28.9. The molecule has 0 radical (unpaired) electrons. The van der Waals surface area contributed by atoms with Crippen LogP contribution >= 0.6 is 0 Å². The third-order valence-corrected chi connectivity index (χ3v) is 8.62. The number of ketones is 1. The third-order valence-electron chi connectivity index (χ3n) is 8.62. The Morgan fingerprint density at radius 3 is 1.90 bits per heavy atom. The van der Waals surface area contributed by atoms with E-state index in [0.717, 1.165) is 47.9 Å². The van der Waals surface area contributed by atoms with Crippen molar-refractivity contribution in [3.63, 3.8) is 0 Å². The van der Waals surface area contributed by atoms with E-state index in [2.05, 4.69) is 77.4 Å². The number of benzene rings is 4. The Labute approximate surface area is 247 Å². The van der Waals surface area contributed by atoms with Crippen LogP contribution in [0.25, 0.3) is 17.3 Å². The monoisotopic (exact) mass is 554 g/mol. The number of aromatic nitrogens is 2. The van der Waals surface area contributed by atoms with Crippen molar-refractivity contribution in [1.82, 2.24) is 9.55 Å². The highest BCUT2D eigenvalue weighted by Gasteiger charge is 2.38. The summed E-state index contributed by atoms with van der Waals surface area (Å²) in [5, 5.41) is 0. The maximum atomic E-state index is 15.4. The number of hydrogen-bond acceptors (Lipinski definition) is 2. The molecular formula is C38H35FN2O. The summed E-state index contributed by atoms with van der Waals surface area (Å²) in [6.07, 6.45) is 12.3. The fourth-order valence-electron chi connectivity index (χ4n) is 6.52. The van der Waals surface area contributed by atoms with E-state index in [1.807, 2.05) is 37.6 Å². The van der Waals surface area contributed by atoms with Gasteiger partial charge in [-0.1, -0.05) is 116 Å². The van der Waals surface area contributed by atoms with Crippen molar-refractivity contribution in [3.05, 3.63) is 155 Å². The van der Waals surface area contributed by atoms with Crippen molar-refractivity contribution in [2.24, 2.45) is 5.92 Å². The summed E-state index contributed by atoms with van der Waals surface area (Å²) >= 11 is 0. The summed E-state index contributed by atoms with van der Waals surface area (Å²) < 4.78 is 17.6. The van der Waals surface area contributed by atoms with Crippen LogP contribution < -0.4 is 0 Å². The molecule has 0 bridgehead atoms. The van der Waals surface area contributed by atoms with E-state index in [1.54, 1.807) is 18.2 Å². The predicted molar refractivity (Wildman–Crippen MR) is 168 cm³/mol. The molecule has 42 heavy (non-hydrogen) atoms. The van der Waals surface area contributed by atoms with Crippen molar-refractivity contribution < 1.29 is 9.18 Å². The summed E-state index contributed by atoms with van der Waals surface area (Å²) in [6.45, 7) is 1.97. The average Bonchev–Trinajstić information content (AvgIpc) is 3.53. The fourth-order valence-corrected chi connectivity index (χ4v) is 6.52. The zero-order valence-electron chi connectivity index (χ0n) is 23.9. The number of rotatable bonds is 8. The number of carbonyl (C=O) groups excluding carboxylic acids is 1. The molecule has 1 aromatic heterocycles. The van der Waals surface area contributed by atoms with Gasteiger partial charge in [0.25, 0.3) is 0 Å². The van der Waals surface area contributed by atoms with Crippen molar-refractivity contribution in [2.45, 2.75) is 44.6 Å². The first-order valence-corrected chi connectivity index (χ1v) is 14.8. The predicted octanol–water partition coefficient (Wildman–Crippen LogP) is 9.00. The van der Waals surface area contributed by atoms with E-state index in [1.165, 1.54) is 12.5 Å². The number of nitrogens with zero attached hydrogens (tertiary/aromatic N) is 2. The van der Waals surface area contributed by atoms with E-state index < -0.39 is 5.54 Å². The second-order valence-electron chi connectivity index (χ2n) is 11.2. The molecule has 4 heteroatoms. The second-order valence-corrected chi connectivity index (χ2v) is 11.2. The highest BCUT2D eigenvalue weighted by atomic mass is 19.1. The maximum Gasteiger partial charge on any atom is 0.158 e. The van der Waals surface area contributed by atoms with E-state index in [9.17, 15) is 4.79 Å². The van der Waals surface area contributed by atoms with Gasteiger partial charge in [-0.3, -0.25) is 4.79 Å². The van der Waals surface area contributed by atoms with Gasteiger partial charge < -0.3 is 4.57 Å². The van der Waals surface area contributed by atoms with Crippen LogP contribution in [0.15, 0.2) is 122 Å². The van der Waals surface area contributed by atoms with Gasteiger partial charge in [0.1, 0.15) is 11.4 Å². The van der Waals surface area contributed by atoms with Gasteiger partial charge in [0.15, 0.2) is 5.78 Å². The van der Waals surface area contributed by atoms with Crippen LogP contribution in [0.2, 0.25) is 0 Å². The molecule has 0 unspecified atom stereocenters. The second kappa shape index (κ2) is 12.1. The third kappa shape index (κ3) is 5.14. The van der Waals surface area contributed by atoms with Crippen LogP contribution in [0.5, 0.6) is 0 Å². The van der Waals surface area contributed by atoms with Crippen molar-refractivity contribution in [1.29, 1.82) is 0 Å². The average molecular weight is 555 g/mol. The fraction of sp³-hybridized carbons (Fsp3) is 0.211. The van der Waals surface area contributed by atoms with Crippen LogP contribution in [0.3, 0.4) is 0 Å². The van der Waals surface area contributed by atoms with E-state index in [-0.39, 0.29) is 17.5 Å². The van der Waals surface area contributed by atoms with Gasteiger partial charge in [0.05, 0.1) is 12.0 Å². The molecule has 3 nitrogen and oxygen atoms in total. The first kappa shape index (κ1) is 27.6. The Hall–Kier alpha value is -4.57. The molecule has 1 fully saturated rings. The zero-order valence-corrected chi connectivity index (χ0v) is 23.9. The lowest BCUT2D eigenvalue weighted by Gasteiger charge is -2.37. The normalized spacial score (nSPS) is 14.3. The van der Waals surface area contributed by atoms with Gasteiger partial charge in [-0.05, 0) is 60.2 Å². The quantitative estimate of drug-likeness (QED) is 0.142. The number of aryl methyl sites for hydroxylation is 1. The highest BCUT2D eigenvalue weighted by molar-refractivity contribution is 5.96. The Bertz CT molecular complexity index is 1590. The lowest BCUT2D eigenvalue weighted by atomic mass is 9.76. The smallest absolute Gasteiger partial charge is 0.158 e. The van der Waals surface area contributed by atoms with Gasteiger partial charge in [0.2, 0.25) is 0 Å². The van der Waals surface area contributed by atoms with Crippen molar-refractivity contribution >= 4 is 11.9 Å². The molecule has 1 heterocycles. The lowest BCUT2D eigenvalue weighted by molar-refractivity contribution is -0.119. The molecule has 6 rings (SSSR count). The number of halogens is 1. The Morgan fingerprint density at radius 1 is 0.810 bits per heavy atom. The molecule has 1 aliphatic rings. The van der Waals surface area contributed by atoms with Gasteiger partial charge >= 0.3 is 0 Å². The van der Waals surface area contributed by atoms with Gasteiger partial charge in [0, 0.05) is 23.2 Å². The molecular weight excluding hydrogens is 519 g/mol. The standard InChI is InChI=1S/C38H35FN2O/c1-28-22-24-34(39)33(23-25-36(42)29-14-6-2-7-15-29)37(28)35-26-41(27-40-35)38(30-16-8-3-9-17-30,31-18-10-4-11-19-31)32-20-12-5-13-21-32/h3-5,8-13,16-27,29H,2,6-7,14-15H2,1H3/b25-23+. The number of hydrogen-bond donors (Lipinski definition) is 0. The van der Waals surface area contributed by atoms with Crippen LogP contribution in [0.4, 0.5) is 4.39 Å². The first-order chi connectivity index (χ1) is 20.6. The van der Waals surface area contributed by atoms with Gasteiger partial charge in [-0.2, -0.15) is 0 Å². The summed E-state index contributed by atoms with van der Waals surface area (Å²) in [5.41, 5.74) is 5.18. The van der Waals surface area contributed by atoms with E-state index >= 15 is 4.39 Å². The minimum atomic E-state index is -0.719. The van der Waals surface area contributed by atoms with Gasteiger partial charge in [-0.25, -0.2) is 9.37 Å². The molecule has 210 valence electrons. The molecule has 0 amide bonds. The highest BCUT2D eigenvalue weighted by Crippen LogP contribution is 2.42.